The predicted octanol–water partition coefficient (Wildman–Crippen LogP) is 1.04. The van der Waals surface area contributed by atoms with Crippen LogP contribution in [0, 0.1) is 0 Å². The van der Waals surface area contributed by atoms with E-state index >= 15 is 0 Å². The van der Waals surface area contributed by atoms with Crippen LogP contribution in [0.25, 0.3) is 0 Å². The summed E-state index contributed by atoms with van der Waals surface area (Å²) in [5.41, 5.74) is 1.38. The van der Waals surface area contributed by atoms with Crippen LogP contribution in [0.5, 0.6) is 0 Å². The maximum Gasteiger partial charge on any atom is 0.337 e. The first-order chi connectivity index (χ1) is 7.20. The number of benzene rings is 1. The molecule has 0 saturated carbocycles. The molecule has 15 heavy (non-hydrogen) atoms. The molecule has 0 atom stereocenters. The van der Waals surface area contributed by atoms with E-state index in [1.807, 2.05) is 0 Å². The van der Waals surface area contributed by atoms with Crippen molar-refractivity contribution in [1.29, 1.82) is 0 Å². The maximum absolute atomic E-state index is 11.8. The van der Waals surface area contributed by atoms with Gasteiger partial charge >= 0.3 is 11.8 Å². The number of carbonyl (C=O) groups excluding carboxylic acids is 2. The van der Waals surface area contributed by atoms with E-state index < -0.39 is 11.8 Å². The first-order valence-electron chi connectivity index (χ1n) is 4.48. The van der Waals surface area contributed by atoms with Crippen molar-refractivity contribution in [3.63, 3.8) is 0 Å². The molecule has 2 amide bonds. The number of hydrogen-bond donors (Lipinski definition) is 1. The van der Waals surface area contributed by atoms with Crippen molar-refractivity contribution in [1.82, 2.24) is 5.54 Å². The second-order valence-corrected chi connectivity index (χ2v) is 2.81. The normalized spacial score (nSPS) is 9.47. The van der Waals surface area contributed by atoms with Gasteiger partial charge in [0.15, 0.2) is 0 Å². The second kappa shape index (κ2) is 5.09. The van der Waals surface area contributed by atoms with E-state index in [9.17, 15) is 14.1 Å². The number of anilines is 1. The molecule has 80 valence electrons. The quantitative estimate of drug-likeness (QED) is 0.585. The lowest BCUT2D eigenvalue weighted by Gasteiger charge is -2.18. The van der Waals surface area contributed by atoms with Gasteiger partial charge in [-0.3, -0.25) is 9.59 Å². The highest BCUT2D eigenvalue weighted by Crippen LogP contribution is 2.12. The summed E-state index contributed by atoms with van der Waals surface area (Å²) >= 11 is 0. The third-order valence-electron chi connectivity index (χ3n) is 1.91. The molecule has 1 N–H and O–H groups in total. The molecule has 0 fully saturated rings. The van der Waals surface area contributed by atoms with E-state index in [4.69, 9.17) is 0 Å². The standard InChI is InChI=1S/C10H11FN2O2/c1-2-13(10(15)9(14)12-11)8-6-4-3-5-7-8/h3-7H,2H2,1H3,(H,12,14). The molecule has 1 aromatic carbocycles. The lowest BCUT2D eigenvalue weighted by molar-refractivity contribution is -0.140. The third-order valence-corrected chi connectivity index (χ3v) is 1.91. The van der Waals surface area contributed by atoms with Gasteiger partial charge in [-0.05, 0) is 19.1 Å². The van der Waals surface area contributed by atoms with Gasteiger partial charge in [0.05, 0.1) is 0 Å². The number of nitrogens with zero attached hydrogens (tertiary/aromatic N) is 1. The molecule has 0 aliphatic rings. The highest BCUT2D eigenvalue weighted by atomic mass is 19.2. The van der Waals surface area contributed by atoms with Crippen molar-refractivity contribution in [3.05, 3.63) is 30.3 Å². The van der Waals surface area contributed by atoms with Crippen molar-refractivity contribution in [3.8, 4) is 0 Å². The van der Waals surface area contributed by atoms with E-state index in [0.717, 1.165) is 5.54 Å². The smallest absolute Gasteiger partial charge is 0.304 e. The fraction of sp³-hybridized carbons (Fsp3) is 0.200. The number of para-hydroxylation sites is 1. The number of rotatable bonds is 2. The van der Waals surface area contributed by atoms with Gasteiger partial charge in [0.1, 0.15) is 0 Å². The molecule has 0 heterocycles. The molecule has 4 nitrogen and oxygen atoms in total. The molecule has 1 rings (SSSR count). The van der Waals surface area contributed by atoms with Gasteiger partial charge in [0.25, 0.3) is 0 Å². The zero-order chi connectivity index (χ0) is 11.3. The number of halogens is 1. The molecule has 0 aliphatic carbocycles. The molecule has 0 aromatic heterocycles. The van der Waals surface area contributed by atoms with E-state index in [1.54, 1.807) is 37.3 Å². The highest BCUT2D eigenvalue weighted by molar-refractivity contribution is 6.40. The average molecular weight is 210 g/mol. The Kier molecular flexibility index (Phi) is 3.79. The number of nitrogens with one attached hydrogen (secondary N) is 1. The minimum atomic E-state index is -1.26. The summed E-state index contributed by atoms with van der Waals surface area (Å²) in [6.45, 7) is 2.01. The first-order valence-corrected chi connectivity index (χ1v) is 4.48. The summed E-state index contributed by atoms with van der Waals surface area (Å²) in [5.74, 6) is -2.17. The Morgan fingerprint density at radius 3 is 2.40 bits per heavy atom. The molecule has 0 bridgehead atoms. The lowest BCUT2D eigenvalue weighted by atomic mass is 10.3. The Hall–Kier alpha value is -1.91. The van der Waals surface area contributed by atoms with Gasteiger partial charge in [0.2, 0.25) is 0 Å². The number of carbonyl (C=O) groups is 2. The monoisotopic (exact) mass is 210 g/mol. The van der Waals surface area contributed by atoms with Gasteiger partial charge in [-0.1, -0.05) is 22.7 Å². The fourth-order valence-corrected chi connectivity index (χ4v) is 1.21. The van der Waals surface area contributed by atoms with E-state index in [2.05, 4.69) is 0 Å². The second-order valence-electron chi connectivity index (χ2n) is 2.81. The van der Waals surface area contributed by atoms with Gasteiger partial charge < -0.3 is 4.90 Å². The Morgan fingerprint density at radius 1 is 1.33 bits per heavy atom. The largest absolute Gasteiger partial charge is 0.337 e. The molecule has 0 saturated heterocycles. The van der Waals surface area contributed by atoms with E-state index in [1.165, 1.54) is 4.90 Å². The van der Waals surface area contributed by atoms with Gasteiger partial charge in [-0.2, -0.15) is 5.54 Å². The Balaban J connectivity index is 2.90. The predicted molar refractivity (Wildman–Crippen MR) is 53.7 cm³/mol. The Bertz CT molecular complexity index is 354. The highest BCUT2D eigenvalue weighted by Gasteiger charge is 2.21. The SMILES string of the molecule is CCN(C(=O)C(=O)NF)c1ccccc1. The zero-order valence-corrected chi connectivity index (χ0v) is 8.24. The summed E-state index contributed by atoms with van der Waals surface area (Å²) < 4.78 is 11.8. The number of likely N-dealkylation sites (N-methyl/N-ethyl adjacent to an activating group) is 1. The molecule has 0 radical (unpaired) electrons. The summed E-state index contributed by atoms with van der Waals surface area (Å²) in [6, 6.07) is 8.61. The van der Waals surface area contributed by atoms with Crippen molar-refractivity contribution in [2.24, 2.45) is 0 Å². The van der Waals surface area contributed by atoms with Crippen LogP contribution in [0.1, 0.15) is 6.92 Å². The van der Waals surface area contributed by atoms with Crippen LogP contribution >= 0.6 is 0 Å². The van der Waals surface area contributed by atoms with Gasteiger partial charge in [-0.25, -0.2) is 0 Å². The topological polar surface area (TPSA) is 49.4 Å². The van der Waals surface area contributed by atoms with E-state index in [0.29, 0.717) is 12.2 Å². The van der Waals surface area contributed by atoms with Gasteiger partial charge in [0, 0.05) is 12.2 Å². The van der Waals surface area contributed by atoms with Crippen LogP contribution in [0.4, 0.5) is 10.2 Å². The molecular weight excluding hydrogens is 199 g/mol. The molecule has 5 heteroatoms. The van der Waals surface area contributed by atoms with Crippen LogP contribution in [0.2, 0.25) is 0 Å². The summed E-state index contributed by atoms with van der Waals surface area (Å²) in [5, 5.41) is 0. The fourth-order valence-electron chi connectivity index (χ4n) is 1.21. The first kappa shape index (κ1) is 11.2. The molecule has 1 aromatic rings. The summed E-state index contributed by atoms with van der Waals surface area (Å²) in [7, 11) is 0. The van der Waals surface area contributed by atoms with Crippen molar-refractivity contribution >= 4 is 17.5 Å². The zero-order valence-electron chi connectivity index (χ0n) is 8.24. The third kappa shape index (κ3) is 2.52. The number of hydrogen-bond acceptors (Lipinski definition) is 2. The maximum atomic E-state index is 11.8. The van der Waals surface area contributed by atoms with Crippen molar-refractivity contribution < 1.29 is 14.1 Å². The van der Waals surface area contributed by atoms with Gasteiger partial charge in [-0.15, -0.1) is 0 Å². The van der Waals surface area contributed by atoms with Crippen molar-refractivity contribution in [2.45, 2.75) is 6.92 Å². The van der Waals surface area contributed by atoms with Crippen LogP contribution in [-0.2, 0) is 9.59 Å². The molecular formula is C10H11FN2O2. The van der Waals surface area contributed by atoms with Crippen LogP contribution in [0.3, 0.4) is 0 Å². The summed E-state index contributed by atoms with van der Waals surface area (Å²) in [6.07, 6.45) is 0. The molecule has 0 unspecified atom stereocenters. The minimum absolute atomic E-state index is 0.302. The average Bonchev–Trinajstić information content (AvgIpc) is 2.30. The van der Waals surface area contributed by atoms with Crippen LogP contribution in [0.15, 0.2) is 30.3 Å². The van der Waals surface area contributed by atoms with Crippen LogP contribution < -0.4 is 10.4 Å². The lowest BCUT2D eigenvalue weighted by Crippen LogP contribution is -2.40. The summed E-state index contributed by atoms with van der Waals surface area (Å²) in [4.78, 5) is 23.4. The molecule has 0 aliphatic heterocycles. The van der Waals surface area contributed by atoms with Crippen molar-refractivity contribution in [2.75, 3.05) is 11.4 Å². The minimum Gasteiger partial charge on any atom is -0.304 e. The Morgan fingerprint density at radius 2 is 1.93 bits per heavy atom. The van der Waals surface area contributed by atoms with E-state index in [-0.39, 0.29) is 0 Å². The Labute approximate surface area is 86.6 Å². The number of amides is 2. The molecule has 0 spiro atoms. The van der Waals surface area contributed by atoms with Crippen LogP contribution in [-0.4, -0.2) is 18.4 Å².